The number of hydrogen-bond donors (Lipinski definition) is 0. The summed E-state index contributed by atoms with van der Waals surface area (Å²) < 4.78 is 10.5. The molecule has 2 rings (SSSR count). The van der Waals surface area contributed by atoms with Crippen LogP contribution in [0.25, 0.3) is 6.08 Å². The number of amides is 1. The van der Waals surface area contributed by atoms with Crippen LogP contribution in [0, 0.1) is 0 Å². The topological polar surface area (TPSA) is 55.8 Å². The van der Waals surface area contributed by atoms with Crippen LogP contribution in [0.15, 0.2) is 41.1 Å². The van der Waals surface area contributed by atoms with Crippen LogP contribution in [0.1, 0.15) is 32.8 Å². The number of carbonyl (C=O) groups excluding carboxylic acids is 2. The Kier molecular flexibility index (Phi) is 5.79. The predicted octanol–water partition coefficient (Wildman–Crippen LogP) is 3.17. The van der Waals surface area contributed by atoms with Gasteiger partial charge in [-0.3, -0.25) is 4.79 Å². The zero-order valence-electron chi connectivity index (χ0n) is 14.6. The van der Waals surface area contributed by atoms with Gasteiger partial charge in [-0.2, -0.15) is 0 Å². The Bertz CT molecular complexity index is 703. The van der Waals surface area contributed by atoms with E-state index in [1.165, 1.54) is 7.11 Å². The molecule has 0 radical (unpaired) electrons. The molecular formula is C19H23NO4. The van der Waals surface area contributed by atoms with E-state index in [4.69, 9.17) is 9.47 Å². The van der Waals surface area contributed by atoms with Crippen molar-refractivity contribution < 1.29 is 19.1 Å². The van der Waals surface area contributed by atoms with Crippen molar-refractivity contribution in [1.29, 1.82) is 0 Å². The molecule has 0 N–H and O–H groups in total. The summed E-state index contributed by atoms with van der Waals surface area (Å²) in [6, 6.07) is 7.44. The van der Waals surface area contributed by atoms with Gasteiger partial charge in [-0.25, -0.2) is 4.79 Å². The SMILES string of the molecule is CCCN1C(=O)C(=Cc2ccccc2OCC)C(C(=O)OC)=C1C. The highest BCUT2D eigenvalue weighted by atomic mass is 16.5. The summed E-state index contributed by atoms with van der Waals surface area (Å²) in [5.41, 5.74) is 2.06. The molecule has 24 heavy (non-hydrogen) atoms. The summed E-state index contributed by atoms with van der Waals surface area (Å²) in [4.78, 5) is 26.6. The summed E-state index contributed by atoms with van der Waals surface area (Å²) in [5, 5.41) is 0. The number of allylic oxidation sites excluding steroid dienone is 1. The molecule has 1 heterocycles. The van der Waals surface area contributed by atoms with Gasteiger partial charge in [-0.1, -0.05) is 25.1 Å². The predicted molar refractivity (Wildman–Crippen MR) is 92.3 cm³/mol. The van der Waals surface area contributed by atoms with E-state index in [0.29, 0.717) is 35.7 Å². The second-order valence-corrected chi connectivity index (χ2v) is 5.44. The van der Waals surface area contributed by atoms with Crippen molar-refractivity contribution in [2.75, 3.05) is 20.3 Å². The fourth-order valence-electron chi connectivity index (χ4n) is 2.76. The second-order valence-electron chi connectivity index (χ2n) is 5.44. The number of methoxy groups -OCH3 is 1. The molecule has 0 saturated carbocycles. The zero-order valence-corrected chi connectivity index (χ0v) is 14.6. The maximum Gasteiger partial charge on any atom is 0.340 e. The van der Waals surface area contributed by atoms with E-state index in [1.807, 2.05) is 38.1 Å². The molecule has 5 heteroatoms. The van der Waals surface area contributed by atoms with Crippen molar-refractivity contribution in [2.45, 2.75) is 27.2 Å². The maximum absolute atomic E-state index is 12.8. The average molecular weight is 329 g/mol. The van der Waals surface area contributed by atoms with Gasteiger partial charge >= 0.3 is 5.97 Å². The monoisotopic (exact) mass is 329 g/mol. The zero-order chi connectivity index (χ0) is 17.7. The minimum Gasteiger partial charge on any atom is -0.493 e. The largest absolute Gasteiger partial charge is 0.493 e. The van der Waals surface area contributed by atoms with Crippen molar-refractivity contribution in [1.82, 2.24) is 4.90 Å². The molecule has 0 aromatic heterocycles. The summed E-state index contributed by atoms with van der Waals surface area (Å²) in [6.45, 7) is 6.75. The van der Waals surface area contributed by atoms with Crippen molar-refractivity contribution in [3.63, 3.8) is 0 Å². The van der Waals surface area contributed by atoms with Gasteiger partial charge in [0.15, 0.2) is 0 Å². The normalized spacial score (nSPS) is 16.1. The molecule has 5 nitrogen and oxygen atoms in total. The van der Waals surface area contributed by atoms with Crippen LogP contribution in [0.2, 0.25) is 0 Å². The molecule has 1 aromatic carbocycles. The maximum atomic E-state index is 12.8. The smallest absolute Gasteiger partial charge is 0.340 e. The van der Waals surface area contributed by atoms with Gasteiger partial charge in [0.2, 0.25) is 0 Å². The molecule has 0 unspecified atom stereocenters. The van der Waals surface area contributed by atoms with Gasteiger partial charge in [0, 0.05) is 17.8 Å². The van der Waals surface area contributed by atoms with E-state index in [0.717, 1.165) is 12.0 Å². The van der Waals surface area contributed by atoms with Crippen LogP contribution in [-0.2, 0) is 14.3 Å². The third-order valence-corrected chi connectivity index (χ3v) is 3.87. The van der Waals surface area contributed by atoms with Gasteiger partial charge in [-0.15, -0.1) is 0 Å². The molecule has 0 fully saturated rings. The first-order valence-electron chi connectivity index (χ1n) is 8.10. The van der Waals surface area contributed by atoms with Gasteiger partial charge in [0.05, 0.1) is 24.9 Å². The Morgan fingerprint density at radius 3 is 2.58 bits per heavy atom. The van der Waals surface area contributed by atoms with Gasteiger partial charge in [0.25, 0.3) is 5.91 Å². The lowest BCUT2D eigenvalue weighted by Gasteiger charge is -2.16. The van der Waals surface area contributed by atoms with E-state index in [2.05, 4.69) is 0 Å². The van der Waals surface area contributed by atoms with E-state index in [1.54, 1.807) is 17.9 Å². The first-order valence-corrected chi connectivity index (χ1v) is 8.10. The molecule has 0 atom stereocenters. The number of carbonyl (C=O) groups is 2. The van der Waals surface area contributed by atoms with Gasteiger partial charge < -0.3 is 14.4 Å². The third-order valence-electron chi connectivity index (χ3n) is 3.87. The molecular weight excluding hydrogens is 306 g/mol. The molecule has 1 amide bonds. The average Bonchev–Trinajstić information content (AvgIpc) is 2.81. The second kappa shape index (κ2) is 7.81. The van der Waals surface area contributed by atoms with E-state index in [9.17, 15) is 9.59 Å². The minimum absolute atomic E-state index is 0.180. The van der Waals surface area contributed by atoms with E-state index in [-0.39, 0.29) is 5.91 Å². The van der Waals surface area contributed by atoms with Crippen molar-refractivity contribution in [3.05, 3.63) is 46.7 Å². The number of rotatable bonds is 6. The van der Waals surface area contributed by atoms with Crippen LogP contribution >= 0.6 is 0 Å². The highest BCUT2D eigenvalue weighted by Crippen LogP contribution is 2.33. The van der Waals surface area contributed by atoms with Crippen molar-refractivity contribution in [2.24, 2.45) is 0 Å². The number of hydrogen-bond acceptors (Lipinski definition) is 4. The Balaban J connectivity index is 2.54. The Morgan fingerprint density at radius 2 is 1.96 bits per heavy atom. The molecule has 0 bridgehead atoms. The van der Waals surface area contributed by atoms with Crippen LogP contribution in [0.4, 0.5) is 0 Å². The number of esters is 1. The number of para-hydroxylation sites is 1. The third kappa shape index (κ3) is 3.35. The molecule has 1 aliphatic rings. The molecule has 1 aromatic rings. The molecule has 0 spiro atoms. The summed E-state index contributed by atoms with van der Waals surface area (Å²) in [5.74, 6) is -0.00300. The van der Waals surface area contributed by atoms with E-state index < -0.39 is 5.97 Å². The molecule has 1 aliphatic heterocycles. The standard InChI is InChI=1S/C19H23NO4/c1-5-11-20-13(3)17(19(22)23-4)15(18(20)21)12-14-9-7-8-10-16(14)24-6-2/h7-10,12H,5-6,11H2,1-4H3. The lowest BCUT2D eigenvalue weighted by molar-refractivity contribution is -0.136. The van der Waals surface area contributed by atoms with Crippen LogP contribution in [0.3, 0.4) is 0 Å². The Hall–Kier alpha value is -2.56. The highest BCUT2D eigenvalue weighted by Gasteiger charge is 2.36. The number of benzene rings is 1. The highest BCUT2D eigenvalue weighted by molar-refractivity contribution is 6.16. The minimum atomic E-state index is -0.500. The van der Waals surface area contributed by atoms with Crippen molar-refractivity contribution in [3.8, 4) is 5.75 Å². The Labute approximate surface area is 142 Å². The van der Waals surface area contributed by atoms with Gasteiger partial charge in [-0.05, 0) is 32.4 Å². The quantitative estimate of drug-likeness (QED) is 0.594. The molecule has 0 aliphatic carbocycles. The van der Waals surface area contributed by atoms with Crippen molar-refractivity contribution >= 4 is 18.0 Å². The van der Waals surface area contributed by atoms with Gasteiger partial charge in [0.1, 0.15) is 5.75 Å². The first-order chi connectivity index (χ1) is 11.5. The Morgan fingerprint density at radius 1 is 1.25 bits per heavy atom. The summed E-state index contributed by atoms with van der Waals surface area (Å²) in [7, 11) is 1.32. The lowest BCUT2D eigenvalue weighted by Crippen LogP contribution is -2.25. The number of nitrogens with zero attached hydrogens (tertiary/aromatic N) is 1. The van der Waals surface area contributed by atoms with Crippen LogP contribution in [-0.4, -0.2) is 37.0 Å². The van der Waals surface area contributed by atoms with E-state index >= 15 is 0 Å². The lowest BCUT2D eigenvalue weighted by atomic mass is 10.0. The fourth-order valence-corrected chi connectivity index (χ4v) is 2.76. The van der Waals surface area contributed by atoms with Crippen LogP contribution < -0.4 is 4.74 Å². The fraction of sp³-hybridized carbons (Fsp3) is 0.368. The van der Waals surface area contributed by atoms with Crippen LogP contribution in [0.5, 0.6) is 5.75 Å². The molecule has 128 valence electrons. The first kappa shape index (κ1) is 17.8. The number of ether oxygens (including phenoxy) is 2. The summed E-state index contributed by atoms with van der Waals surface area (Å²) >= 11 is 0. The molecule has 0 saturated heterocycles. The summed E-state index contributed by atoms with van der Waals surface area (Å²) in [6.07, 6.45) is 2.51.